The fourth-order valence-corrected chi connectivity index (χ4v) is 3.07. The van der Waals surface area contributed by atoms with Gasteiger partial charge in [0, 0.05) is 41.3 Å². The molecule has 0 amide bonds. The quantitative estimate of drug-likeness (QED) is 0.465. The van der Waals surface area contributed by atoms with Crippen molar-refractivity contribution in [2.45, 2.75) is 0 Å². The molecule has 2 aromatic heterocycles. The molecule has 0 bridgehead atoms. The molecule has 0 aliphatic rings. The standard InChI is InChI=1S/C22H21N5O3/c1-28-18-12-16(13-19(29-2)21(18)30-3)25-20-8-10-24-22(27-20)26-15-6-7-17-14(11-15)5-4-9-23-17/h4-13H,1-3H3,(H2,24,25,26,27). The summed E-state index contributed by atoms with van der Waals surface area (Å²) in [5.74, 6) is 2.72. The molecule has 4 aromatic rings. The minimum Gasteiger partial charge on any atom is -0.493 e. The molecule has 30 heavy (non-hydrogen) atoms. The lowest BCUT2D eigenvalue weighted by Crippen LogP contribution is -2.01. The fraction of sp³-hybridized carbons (Fsp3) is 0.136. The summed E-state index contributed by atoms with van der Waals surface area (Å²) in [5.41, 5.74) is 2.55. The number of pyridine rings is 1. The van der Waals surface area contributed by atoms with Crippen LogP contribution in [-0.4, -0.2) is 36.3 Å². The van der Waals surface area contributed by atoms with Gasteiger partial charge in [0.1, 0.15) is 5.82 Å². The van der Waals surface area contributed by atoms with Gasteiger partial charge in [0.15, 0.2) is 11.5 Å². The molecular formula is C22H21N5O3. The third-order valence-electron chi connectivity index (χ3n) is 4.45. The minimum atomic E-state index is 0.468. The second kappa shape index (κ2) is 8.52. The van der Waals surface area contributed by atoms with Crippen LogP contribution in [0.4, 0.5) is 23.1 Å². The zero-order valence-electron chi connectivity index (χ0n) is 16.8. The molecule has 4 rings (SSSR count). The van der Waals surface area contributed by atoms with Crippen LogP contribution in [0, 0.1) is 0 Å². The van der Waals surface area contributed by atoms with E-state index >= 15 is 0 Å². The number of hydrogen-bond acceptors (Lipinski definition) is 8. The first-order valence-corrected chi connectivity index (χ1v) is 9.22. The molecule has 0 aliphatic carbocycles. The molecule has 0 aliphatic heterocycles. The van der Waals surface area contributed by atoms with E-state index in [-0.39, 0.29) is 0 Å². The minimum absolute atomic E-state index is 0.468. The van der Waals surface area contributed by atoms with Crippen molar-refractivity contribution in [3.63, 3.8) is 0 Å². The van der Waals surface area contributed by atoms with E-state index < -0.39 is 0 Å². The number of rotatable bonds is 7. The van der Waals surface area contributed by atoms with Gasteiger partial charge in [-0.2, -0.15) is 4.98 Å². The van der Waals surface area contributed by atoms with Crippen molar-refractivity contribution < 1.29 is 14.2 Å². The van der Waals surface area contributed by atoms with Crippen molar-refractivity contribution in [1.82, 2.24) is 15.0 Å². The average molecular weight is 403 g/mol. The number of nitrogens with zero attached hydrogens (tertiary/aromatic N) is 3. The summed E-state index contributed by atoms with van der Waals surface area (Å²) in [4.78, 5) is 13.2. The molecule has 0 radical (unpaired) electrons. The largest absolute Gasteiger partial charge is 0.493 e. The van der Waals surface area contributed by atoms with Gasteiger partial charge in [-0.05, 0) is 30.3 Å². The Balaban J connectivity index is 1.57. The van der Waals surface area contributed by atoms with Crippen LogP contribution in [0.2, 0.25) is 0 Å². The Morgan fingerprint density at radius 3 is 2.27 bits per heavy atom. The maximum atomic E-state index is 5.40. The van der Waals surface area contributed by atoms with Crippen LogP contribution < -0.4 is 24.8 Å². The van der Waals surface area contributed by atoms with Gasteiger partial charge < -0.3 is 24.8 Å². The number of fused-ring (bicyclic) bond motifs is 1. The lowest BCUT2D eigenvalue weighted by molar-refractivity contribution is 0.324. The zero-order valence-corrected chi connectivity index (χ0v) is 16.8. The van der Waals surface area contributed by atoms with E-state index in [0.717, 1.165) is 22.3 Å². The molecule has 0 saturated carbocycles. The van der Waals surface area contributed by atoms with Gasteiger partial charge >= 0.3 is 0 Å². The lowest BCUT2D eigenvalue weighted by atomic mass is 10.2. The molecule has 0 atom stereocenters. The summed E-state index contributed by atoms with van der Waals surface area (Å²) in [6.07, 6.45) is 3.45. The number of hydrogen-bond donors (Lipinski definition) is 2. The highest BCUT2D eigenvalue weighted by molar-refractivity contribution is 5.82. The van der Waals surface area contributed by atoms with Gasteiger partial charge in [-0.1, -0.05) is 6.07 Å². The first-order valence-electron chi connectivity index (χ1n) is 9.22. The highest BCUT2D eigenvalue weighted by Gasteiger charge is 2.13. The Hall–Kier alpha value is -4.07. The van der Waals surface area contributed by atoms with Crippen LogP contribution in [0.1, 0.15) is 0 Å². The summed E-state index contributed by atoms with van der Waals surface area (Å²) in [6, 6.07) is 15.2. The third kappa shape index (κ3) is 4.02. The Morgan fingerprint density at radius 2 is 1.53 bits per heavy atom. The SMILES string of the molecule is COc1cc(Nc2ccnc(Nc3ccc4ncccc4c3)n2)cc(OC)c1OC. The summed E-state index contributed by atoms with van der Waals surface area (Å²) in [7, 11) is 4.72. The van der Waals surface area contributed by atoms with E-state index in [0.29, 0.717) is 29.0 Å². The van der Waals surface area contributed by atoms with Gasteiger partial charge in [-0.25, -0.2) is 4.98 Å². The summed E-state index contributed by atoms with van der Waals surface area (Å²) in [6.45, 7) is 0. The second-order valence-electron chi connectivity index (χ2n) is 6.34. The van der Waals surface area contributed by atoms with Crippen molar-refractivity contribution in [3.05, 3.63) is 60.9 Å². The first-order chi connectivity index (χ1) is 14.7. The molecule has 2 N–H and O–H groups in total. The van der Waals surface area contributed by atoms with Crippen molar-refractivity contribution in [1.29, 1.82) is 0 Å². The topological polar surface area (TPSA) is 90.4 Å². The predicted octanol–water partition coefficient (Wildman–Crippen LogP) is 4.54. The van der Waals surface area contributed by atoms with Gasteiger partial charge in [0.2, 0.25) is 11.7 Å². The molecule has 0 unspecified atom stereocenters. The third-order valence-corrected chi connectivity index (χ3v) is 4.45. The Bertz CT molecular complexity index is 1160. The van der Waals surface area contributed by atoms with E-state index in [1.54, 1.807) is 39.8 Å². The van der Waals surface area contributed by atoms with Gasteiger partial charge in [0.05, 0.1) is 26.8 Å². The zero-order chi connectivity index (χ0) is 20.9. The second-order valence-corrected chi connectivity index (χ2v) is 6.34. The van der Waals surface area contributed by atoms with Crippen LogP contribution in [0.15, 0.2) is 60.9 Å². The van der Waals surface area contributed by atoms with Crippen molar-refractivity contribution >= 4 is 34.0 Å². The van der Waals surface area contributed by atoms with Crippen molar-refractivity contribution in [2.24, 2.45) is 0 Å². The van der Waals surface area contributed by atoms with Crippen LogP contribution >= 0.6 is 0 Å². The number of methoxy groups -OCH3 is 3. The maximum absolute atomic E-state index is 5.40. The highest BCUT2D eigenvalue weighted by atomic mass is 16.5. The van der Waals surface area contributed by atoms with E-state index in [9.17, 15) is 0 Å². The predicted molar refractivity (Wildman–Crippen MR) is 116 cm³/mol. The highest BCUT2D eigenvalue weighted by Crippen LogP contribution is 2.40. The van der Waals surface area contributed by atoms with Crippen LogP contribution in [0.5, 0.6) is 17.2 Å². The number of aromatic nitrogens is 3. The molecule has 2 aromatic carbocycles. The summed E-state index contributed by atoms with van der Waals surface area (Å²) in [5, 5.41) is 7.51. The maximum Gasteiger partial charge on any atom is 0.229 e. The number of anilines is 4. The van der Waals surface area contributed by atoms with Crippen LogP contribution in [0.3, 0.4) is 0 Å². The number of ether oxygens (including phenoxy) is 3. The van der Waals surface area contributed by atoms with E-state index in [4.69, 9.17) is 14.2 Å². The van der Waals surface area contributed by atoms with Crippen LogP contribution in [0.25, 0.3) is 10.9 Å². The monoisotopic (exact) mass is 403 g/mol. The molecule has 0 saturated heterocycles. The Kier molecular flexibility index (Phi) is 5.47. The van der Waals surface area contributed by atoms with E-state index in [1.165, 1.54) is 0 Å². The first kappa shape index (κ1) is 19.3. The number of nitrogens with one attached hydrogen (secondary N) is 2. The normalized spacial score (nSPS) is 10.5. The van der Waals surface area contributed by atoms with Crippen molar-refractivity contribution in [2.75, 3.05) is 32.0 Å². The molecular weight excluding hydrogens is 382 g/mol. The molecule has 2 heterocycles. The molecule has 0 fully saturated rings. The summed E-state index contributed by atoms with van der Waals surface area (Å²) >= 11 is 0. The Morgan fingerprint density at radius 1 is 0.733 bits per heavy atom. The van der Waals surface area contributed by atoms with Gasteiger partial charge in [-0.3, -0.25) is 4.98 Å². The van der Waals surface area contributed by atoms with Crippen LogP contribution in [-0.2, 0) is 0 Å². The Labute approximate surface area is 173 Å². The molecule has 8 nitrogen and oxygen atoms in total. The van der Waals surface area contributed by atoms with Gasteiger partial charge in [-0.15, -0.1) is 0 Å². The molecule has 0 spiro atoms. The lowest BCUT2D eigenvalue weighted by Gasteiger charge is -2.15. The molecule has 152 valence electrons. The molecule has 8 heteroatoms. The van der Waals surface area contributed by atoms with E-state index in [1.807, 2.05) is 42.5 Å². The summed E-state index contributed by atoms with van der Waals surface area (Å²) < 4.78 is 16.2. The van der Waals surface area contributed by atoms with E-state index in [2.05, 4.69) is 25.6 Å². The number of benzene rings is 2. The average Bonchev–Trinajstić information content (AvgIpc) is 2.78. The van der Waals surface area contributed by atoms with Gasteiger partial charge in [0.25, 0.3) is 0 Å². The smallest absolute Gasteiger partial charge is 0.229 e. The fourth-order valence-electron chi connectivity index (χ4n) is 3.07. The van der Waals surface area contributed by atoms with Crippen molar-refractivity contribution in [3.8, 4) is 17.2 Å².